The van der Waals surface area contributed by atoms with Crippen LogP contribution < -0.4 is 5.32 Å². The molecule has 0 bridgehead atoms. The predicted molar refractivity (Wildman–Crippen MR) is 81.4 cm³/mol. The van der Waals surface area contributed by atoms with Gasteiger partial charge in [-0.05, 0) is 37.2 Å². The molecule has 0 saturated heterocycles. The zero-order valence-corrected chi connectivity index (χ0v) is 13.2. The standard InChI is InChI=1S/C16H26F2N2O/c1-4-19-16(6-7-20(5-2)8-9-21-3)13-10-14(17)12-15(18)11-13/h10-12,16,19H,4-9H2,1-3H3. The van der Waals surface area contributed by atoms with E-state index in [-0.39, 0.29) is 6.04 Å². The molecule has 1 rings (SSSR count). The highest BCUT2D eigenvalue weighted by Gasteiger charge is 2.14. The first kappa shape index (κ1) is 18.0. The average Bonchev–Trinajstić information content (AvgIpc) is 2.45. The second-order valence-electron chi connectivity index (χ2n) is 5.03. The number of nitrogens with one attached hydrogen (secondary N) is 1. The Bertz CT molecular complexity index is 395. The lowest BCUT2D eigenvalue weighted by molar-refractivity contribution is 0.148. The normalized spacial score (nSPS) is 12.9. The molecular weight excluding hydrogens is 274 g/mol. The minimum Gasteiger partial charge on any atom is -0.383 e. The van der Waals surface area contributed by atoms with Crippen molar-refractivity contribution in [3.8, 4) is 0 Å². The quantitative estimate of drug-likeness (QED) is 0.719. The first-order valence-corrected chi connectivity index (χ1v) is 7.51. The molecule has 120 valence electrons. The van der Waals surface area contributed by atoms with Crippen LogP contribution in [-0.4, -0.2) is 44.8 Å². The molecule has 1 N–H and O–H groups in total. The van der Waals surface area contributed by atoms with Crippen molar-refractivity contribution in [2.24, 2.45) is 0 Å². The fourth-order valence-corrected chi connectivity index (χ4v) is 2.37. The van der Waals surface area contributed by atoms with Gasteiger partial charge in [0.1, 0.15) is 11.6 Å². The molecule has 0 aromatic heterocycles. The maximum absolute atomic E-state index is 13.4. The molecule has 0 aliphatic heterocycles. The van der Waals surface area contributed by atoms with Gasteiger partial charge in [0.2, 0.25) is 0 Å². The van der Waals surface area contributed by atoms with Crippen LogP contribution in [0.2, 0.25) is 0 Å². The largest absolute Gasteiger partial charge is 0.383 e. The minimum absolute atomic E-state index is 0.0446. The minimum atomic E-state index is -0.528. The summed E-state index contributed by atoms with van der Waals surface area (Å²) >= 11 is 0. The fraction of sp³-hybridized carbons (Fsp3) is 0.625. The van der Waals surface area contributed by atoms with Crippen LogP contribution in [0.1, 0.15) is 31.9 Å². The molecule has 0 heterocycles. The summed E-state index contributed by atoms with van der Waals surface area (Å²) in [6.45, 7) is 8.19. The number of nitrogens with zero attached hydrogens (tertiary/aromatic N) is 1. The third-order valence-electron chi connectivity index (χ3n) is 3.53. The molecule has 1 aromatic carbocycles. The van der Waals surface area contributed by atoms with Crippen molar-refractivity contribution in [2.45, 2.75) is 26.3 Å². The summed E-state index contributed by atoms with van der Waals surface area (Å²) in [4.78, 5) is 2.27. The van der Waals surface area contributed by atoms with Gasteiger partial charge in [-0.3, -0.25) is 0 Å². The van der Waals surface area contributed by atoms with Gasteiger partial charge in [0.05, 0.1) is 6.61 Å². The zero-order chi connectivity index (χ0) is 15.7. The van der Waals surface area contributed by atoms with Gasteiger partial charge in [-0.25, -0.2) is 8.78 Å². The monoisotopic (exact) mass is 300 g/mol. The SMILES string of the molecule is CCNC(CCN(CC)CCOC)c1cc(F)cc(F)c1. The van der Waals surface area contributed by atoms with E-state index in [0.29, 0.717) is 12.2 Å². The lowest BCUT2D eigenvalue weighted by Gasteiger charge is -2.24. The lowest BCUT2D eigenvalue weighted by atomic mass is 10.0. The maximum atomic E-state index is 13.4. The van der Waals surface area contributed by atoms with Crippen molar-refractivity contribution >= 4 is 0 Å². The molecule has 1 atom stereocenters. The predicted octanol–water partition coefficient (Wildman–Crippen LogP) is 2.97. The van der Waals surface area contributed by atoms with Crippen molar-refractivity contribution in [3.05, 3.63) is 35.4 Å². The van der Waals surface area contributed by atoms with Crippen molar-refractivity contribution in [1.29, 1.82) is 0 Å². The molecule has 1 aromatic rings. The van der Waals surface area contributed by atoms with Crippen LogP contribution >= 0.6 is 0 Å². The van der Waals surface area contributed by atoms with E-state index in [9.17, 15) is 8.78 Å². The average molecular weight is 300 g/mol. The molecule has 0 aliphatic rings. The van der Waals surface area contributed by atoms with E-state index in [2.05, 4.69) is 17.1 Å². The summed E-state index contributed by atoms with van der Waals surface area (Å²) in [5, 5.41) is 3.30. The van der Waals surface area contributed by atoms with E-state index in [1.54, 1.807) is 7.11 Å². The number of hydrogen-bond acceptors (Lipinski definition) is 3. The summed E-state index contributed by atoms with van der Waals surface area (Å²) in [5.41, 5.74) is 0.664. The molecule has 1 unspecified atom stereocenters. The Kier molecular flexibility index (Phi) is 8.42. The molecular formula is C16H26F2N2O. The highest BCUT2D eigenvalue weighted by Crippen LogP contribution is 2.20. The first-order chi connectivity index (χ1) is 10.1. The number of halogens is 2. The Morgan fingerprint density at radius 3 is 2.33 bits per heavy atom. The number of likely N-dealkylation sites (N-methyl/N-ethyl adjacent to an activating group) is 1. The van der Waals surface area contributed by atoms with E-state index in [1.165, 1.54) is 12.1 Å². The van der Waals surface area contributed by atoms with E-state index >= 15 is 0 Å². The summed E-state index contributed by atoms with van der Waals surface area (Å²) in [6.07, 6.45) is 0.800. The Morgan fingerprint density at radius 1 is 1.14 bits per heavy atom. The van der Waals surface area contributed by atoms with Gasteiger partial charge in [-0.15, -0.1) is 0 Å². The molecule has 3 nitrogen and oxygen atoms in total. The van der Waals surface area contributed by atoms with Crippen LogP contribution in [0, 0.1) is 11.6 Å². The third kappa shape index (κ3) is 6.50. The van der Waals surface area contributed by atoms with Crippen LogP contribution in [0.4, 0.5) is 8.78 Å². The number of ether oxygens (including phenoxy) is 1. The third-order valence-corrected chi connectivity index (χ3v) is 3.53. The smallest absolute Gasteiger partial charge is 0.126 e. The molecule has 0 saturated carbocycles. The van der Waals surface area contributed by atoms with Crippen LogP contribution in [0.25, 0.3) is 0 Å². The van der Waals surface area contributed by atoms with E-state index in [1.807, 2.05) is 6.92 Å². The summed E-state index contributed by atoms with van der Waals surface area (Å²) in [7, 11) is 1.69. The molecule has 0 amide bonds. The van der Waals surface area contributed by atoms with Crippen molar-refractivity contribution in [3.63, 3.8) is 0 Å². The number of methoxy groups -OCH3 is 1. The second-order valence-corrected chi connectivity index (χ2v) is 5.03. The van der Waals surface area contributed by atoms with Gasteiger partial charge < -0.3 is 15.0 Å². The van der Waals surface area contributed by atoms with Gasteiger partial charge in [0.15, 0.2) is 0 Å². The first-order valence-electron chi connectivity index (χ1n) is 7.51. The topological polar surface area (TPSA) is 24.5 Å². The van der Waals surface area contributed by atoms with Crippen LogP contribution in [0.3, 0.4) is 0 Å². The van der Waals surface area contributed by atoms with Crippen molar-refractivity contribution in [2.75, 3.05) is 39.9 Å². The maximum Gasteiger partial charge on any atom is 0.126 e. The number of hydrogen-bond donors (Lipinski definition) is 1. The zero-order valence-electron chi connectivity index (χ0n) is 13.2. The number of rotatable bonds is 10. The Balaban J connectivity index is 2.68. The molecule has 5 heteroatoms. The van der Waals surface area contributed by atoms with Gasteiger partial charge in [0, 0.05) is 32.3 Å². The van der Waals surface area contributed by atoms with Crippen LogP contribution in [-0.2, 0) is 4.74 Å². The summed E-state index contributed by atoms with van der Waals surface area (Å²) in [6, 6.07) is 3.67. The van der Waals surface area contributed by atoms with Gasteiger partial charge >= 0.3 is 0 Å². The van der Waals surface area contributed by atoms with Gasteiger partial charge in [0.25, 0.3) is 0 Å². The Morgan fingerprint density at radius 2 is 1.81 bits per heavy atom. The number of benzene rings is 1. The highest BCUT2D eigenvalue weighted by molar-refractivity contribution is 5.21. The van der Waals surface area contributed by atoms with Crippen LogP contribution in [0.5, 0.6) is 0 Å². The molecule has 21 heavy (non-hydrogen) atoms. The molecule has 0 spiro atoms. The van der Waals surface area contributed by atoms with Crippen molar-refractivity contribution < 1.29 is 13.5 Å². The molecule has 0 radical (unpaired) electrons. The lowest BCUT2D eigenvalue weighted by Crippen LogP contribution is -2.32. The Labute approximate surface area is 126 Å². The fourth-order valence-electron chi connectivity index (χ4n) is 2.37. The van der Waals surface area contributed by atoms with Crippen molar-refractivity contribution in [1.82, 2.24) is 10.2 Å². The van der Waals surface area contributed by atoms with Gasteiger partial charge in [-0.2, -0.15) is 0 Å². The summed E-state index contributed by atoms with van der Waals surface area (Å²) in [5.74, 6) is -1.06. The van der Waals surface area contributed by atoms with E-state index in [4.69, 9.17) is 4.74 Å². The highest BCUT2D eigenvalue weighted by atomic mass is 19.1. The molecule has 0 fully saturated rings. The van der Waals surface area contributed by atoms with E-state index in [0.717, 1.165) is 38.7 Å². The van der Waals surface area contributed by atoms with Crippen LogP contribution in [0.15, 0.2) is 18.2 Å². The Hall–Kier alpha value is -1.04. The second kappa shape index (κ2) is 9.82. The summed E-state index contributed by atoms with van der Waals surface area (Å²) < 4.78 is 31.8. The molecule has 0 aliphatic carbocycles. The van der Waals surface area contributed by atoms with E-state index < -0.39 is 11.6 Å². The van der Waals surface area contributed by atoms with Gasteiger partial charge in [-0.1, -0.05) is 13.8 Å².